The van der Waals surface area contributed by atoms with Gasteiger partial charge in [0.15, 0.2) is 0 Å². The number of ether oxygens (including phenoxy) is 2. The topological polar surface area (TPSA) is 138 Å². The fraction of sp³-hybridized carbons (Fsp3) is 0.444. The Morgan fingerprint density at radius 3 is 2.67 bits per heavy atom. The summed E-state index contributed by atoms with van der Waals surface area (Å²) in [6, 6.07) is 5.12. The van der Waals surface area contributed by atoms with Crippen molar-refractivity contribution in [1.82, 2.24) is 5.32 Å². The summed E-state index contributed by atoms with van der Waals surface area (Å²) < 4.78 is 16.4. The molecule has 1 saturated heterocycles. The fourth-order valence-electron chi connectivity index (χ4n) is 3.08. The van der Waals surface area contributed by atoms with Gasteiger partial charge in [-0.25, -0.2) is 4.79 Å². The molecule has 0 unspecified atom stereocenters. The molecule has 0 radical (unpaired) electrons. The number of carbonyl (C=O) groups excluding carboxylic acids is 1. The third-order valence-electron chi connectivity index (χ3n) is 4.43. The van der Waals surface area contributed by atoms with E-state index in [1.54, 1.807) is 19.1 Å². The molecule has 146 valence electrons. The van der Waals surface area contributed by atoms with E-state index < -0.39 is 48.8 Å². The predicted molar refractivity (Wildman–Crippen MR) is 93.2 cm³/mol. The van der Waals surface area contributed by atoms with Crippen molar-refractivity contribution < 1.29 is 34.0 Å². The van der Waals surface area contributed by atoms with Crippen molar-refractivity contribution in [3.8, 4) is 5.75 Å². The first-order valence-electron chi connectivity index (χ1n) is 8.41. The molecule has 1 aliphatic heterocycles. The van der Waals surface area contributed by atoms with E-state index in [2.05, 4.69) is 5.32 Å². The highest BCUT2D eigenvalue weighted by Crippen LogP contribution is 2.27. The summed E-state index contributed by atoms with van der Waals surface area (Å²) in [5.41, 5.74) is 0.557. The minimum Gasteiger partial charge on any atom is -0.462 e. The van der Waals surface area contributed by atoms with Crippen molar-refractivity contribution in [2.45, 2.75) is 44.5 Å². The van der Waals surface area contributed by atoms with Crippen molar-refractivity contribution in [2.24, 2.45) is 0 Å². The van der Waals surface area contributed by atoms with Crippen LogP contribution in [-0.4, -0.2) is 58.5 Å². The summed E-state index contributed by atoms with van der Waals surface area (Å²) in [7, 11) is 0. The second kappa shape index (κ2) is 7.65. The van der Waals surface area contributed by atoms with Crippen LogP contribution in [0.1, 0.15) is 12.5 Å². The second-order valence-corrected chi connectivity index (χ2v) is 6.46. The molecule has 1 aromatic heterocycles. The number of fused-ring (bicyclic) bond motifs is 1. The van der Waals surface area contributed by atoms with Crippen molar-refractivity contribution in [1.29, 1.82) is 0 Å². The van der Waals surface area contributed by atoms with E-state index in [9.17, 15) is 24.9 Å². The van der Waals surface area contributed by atoms with E-state index in [1.807, 2.05) is 0 Å². The molecule has 1 amide bonds. The number of aliphatic hydroxyl groups excluding tert-OH is 3. The number of benzene rings is 1. The van der Waals surface area contributed by atoms with Crippen LogP contribution in [0.15, 0.2) is 33.5 Å². The molecule has 2 aromatic rings. The van der Waals surface area contributed by atoms with E-state index >= 15 is 0 Å². The molecule has 0 bridgehead atoms. The fourth-order valence-corrected chi connectivity index (χ4v) is 3.08. The first-order valence-corrected chi connectivity index (χ1v) is 8.41. The average molecular weight is 379 g/mol. The summed E-state index contributed by atoms with van der Waals surface area (Å²) in [4.78, 5) is 23.0. The molecule has 9 heteroatoms. The molecular weight excluding hydrogens is 358 g/mol. The van der Waals surface area contributed by atoms with Crippen LogP contribution in [0.3, 0.4) is 0 Å². The predicted octanol–water partition coefficient (Wildman–Crippen LogP) is -0.576. The molecule has 0 saturated carbocycles. The van der Waals surface area contributed by atoms with Gasteiger partial charge in [0.1, 0.15) is 35.7 Å². The number of hydrogen-bond acceptors (Lipinski definition) is 8. The summed E-state index contributed by atoms with van der Waals surface area (Å²) in [5, 5.41) is 32.9. The number of amides is 1. The maximum absolute atomic E-state index is 11.6. The Kier molecular flexibility index (Phi) is 5.47. The van der Waals surface area contributed by atoms with Gasteiger partial charge in [0.05, 0.1) is 6.61 Å². The van der Waals surface area contributed by atoms with Crippen molar-refractivity contribution in [3.63, 3.8) is 0 Å². The van der Waals surface area contributed by atoms with E-state index in [0.717, 1.165) is 10.9 Å². The Morgan fingerprint density at radius 1 is 1.26 bits per heavy atom. The Labute approximate surface area is 154 Å². The van der Waals surface area contributed by atoms with Gasteiger partial charge in [-0.15, -0.1) is 0 Å². The number of hydrogen-bond donors (Lipinski definition) is 4. The lowest BCUT2D eigenvalue weighted by Gasteiger charge is -2.42. The molecule has 1 aliphatic rings. The average Bonchev–Trinajstić information content (AvgIpc) is 2.60. The highest BCUT2D eigenvalue weighted by atomic mass is 16.7. The zero-order valence-corrected chi connectivity index (χ0v) is 14.8. The molecule has 0 aliphatic carbocycles. The minimum absolute atomic E-state index is 0.261. The zero-order chi connectivity index (χ0) is 19.7. The van der Waals surface area contributed by atoms with E-state index in [4.69, 9.17) is 13.9 Å². The number of rotatable bonds is 4. The first-order chi connectivity index (χ1) is 12.8. The third kappa shape index (κ3) is 3.96. The van der Waals surface area contributed by atoms with E-state index in [-0.39, 0.29) is 5.75 Å². The Hall–Kier alpha value is -2.46. The van der Waals surface area contributed by atoms with E-state index in [1.165, 1.54) is 19.1 Å². The monoisotopic (exact) mass is 379 g/mol. The van der Waals surface area contributed by atoms with Crippen molar-refractivity contribution in [2.75, 3.05) is 6.61 Å². The van der Waals surface area contributed by atoms with Gasteiger partial charge in [-0.05, 0) is 24.6 Å². The van der Waals surface area contributed by atoms with Crippen LogP contribution in [-0.2, 0) is 9.53 Å². The number of aryl methyl sites for hydroxylation is 1. The Balaban J connectivity index is 1.91. The summed E-state index contributed by atoms with van der Waals surface area (Å²) in [6.07, 6.45) is -5.08. The molecule has 4 N–H and O–H groups in total. The lowest BCUT2D eigenvalue weighted by Crippen LogP contribution is -2.65. The maximum Gasteiger partial charge on any atom is 0.336 e. The number of aliphatic hydroxyl groups is 3. The van der Waals surface area contributed by atoms with Crippen LogP contribution in [0, 0.1) is 6.92 Å². The van der Waals surface area contributed by atoms with Gasteiger partial charge in [-0.3, -0.25) is 4.79 Å². The molecular formula is C18H21NO8. The lowest BCUT2D eigenvalue weighted by molar-refractivity contribution is -0.244. The molecule has 1 fully saturated rings. The normalized spacial score (nSPS) is 28.1. The molecule has 5 atom stereocenters. The van der Waals surface area contributed by atoms with Crippen molar-refractivity contribution >= 4 is 16.9 Å². The molecule has 3 rings (SSSR count). The van der Waals surface area contributed by atoms with Gasteiger partial charge in [0.25, 0.3) is 0 Å². The van der Waals surface area contributed by atoms with Crippen molar-refractivity contribution in [3.05, 3.63) is 40.2 Å². The van der Waals surface area contributed by atoms with Gasteiger partial charge < -0.3 is 34.5 Å². The maximum atomic E-state index is 11.6. The summed E-state index contributed by atoms with van der Waals surface area (Å²) in [6.45, 7) is 2.48. The second-order valence-electron chi connectivity index (χ2n) is 6.46. The van der Waals surface area contributed by atoms with Crippen LogP contribution in [0.25, 0.3) is 11.0 Å². The molecule has 1 aromatic carbocycles. The largest absolute Gasteiger partial charge is 0.462 e. The molecule has 0 spiro atoms. The van der Waals surface area contributed by atoms with Crippen LogP contribution in [0.2, 0.25) is 0 Å². The minimum atomic E-state index is -1.41. The smallest absolute Gasteiger partial charge is 0.336 e. The molecule has 2 heterocycles. The Bertz CT molecular complexity index is 895. The standard InChI is InChI=1S/C18H21NO8/c1-8-5-14(22)26-12-6-10(3-4-11(8)12)25-18-15(19-9(2)21)17(24)16(23)13(7-20)27-18/h3-6,13,15-18,20,23-24H,7H2,1-2H3,(H,19,21)/t13-,15-,16+,17-,18+/m0/s1. The van der Waals surface area contributed by atoms with Gasteiger partial charge in [0.2, 0.25) is 12.2 Å². The van der Waals surface area contributed by atoms with Crippen LogP contribution < -0.4 is 15.7 Å². The number of nitrogens with one attached hydrogen (secondary N) is 1. The van der Waals surface area contributed by atoms with Gasteiger partial charge >= 0.3 is 5.63 Å². The van der Waals surface area contributed by atoms with Gasteiger partial charge in [-0.1, -0.05) is 0 Å². The lowest BCUT2D eigenvalue weighted by atomic mass is 9.97. The van der Waals surface area contributed by atoms with Crippen LogP contribution in [0.5, 0.6) is 5.75 Å². The quantitative estimate of drug-likeness (QED) is 0.518. The summed E-state index contributed by atoms with van der Waals surface area (Å²) in [5.74, 6) is -0.192. The zero-order valence-electron chi connectivity index (χ0n) is 14.8. The highest BCUT2D eigenvalue weighted by molar-refractivity contribution is 5.81. The third-order valence-corrected chi connectivity index (χ3v) is 4.43. The highest BCUT2D eigenvalue weighted by Gasteiger charge is 2.46. The van der Waals surface area contributed by atoms with Gasteiger partial charge in [-0.2, -0.15) is 0 Å². The summed E-state index contributed by atoms with van der Waals surface area (Å²) >= 11 is 0. The van der Waals surface area contributed by atoms with Gasteiger partial charge in [0, 0.05) is 24.4 Å². The van der Waals surface area contributed by atoms with Crippen LogP contribution >= 0.6 is 0 Å². The molecule has 9 nitrogen and oxygen atoms in total. The van der Waals surface area contributed by atoms with Crippen LogP contribution in [0.4, 0.5) is 0 Å². The Morgan fingerprint density at radius 2 is 2.00 bits per heavy atom. The first kappa shape index (κ1) is 19.3. The number of carbonyl (C=O) groups is 1. The SMILES string of the molecule is CC(=O)N[C@@H]1[C@H](Oc2ccc3c(C)cc(=O)oc3c2)O[C@@H](CO)[C@@H](O)[C@H]1O. The van der Waals surface area contributed by atoms with E-state index in [0.29, 0.717) is 5.58 Å². The molecule has 27 heavy (non-hydrogen) atoms.